The third-order valence-electron chi connectivity index (χ3n) is 4.34. The number of hydrazine groups is 1. The van der Waals surface area contributed by atoms with Crippen molar-refractivity contribution in [2.75, 3.05) is 11.9 Å². The molecule has 140 valence electrons. The van der Waals surface area contributed by atoms with Crippen LogP contribution in [0.25, 0.3) is 0 Å². The molecule has 27 heavy (non-hydrogen) atoms. The topological polar surface area (TPSA) is 103 Å². The molecule has 0 bridgehead atoms. The van der Waals surface area contributed by atoms with Crippen LogP contribution in [0, 0.1) is 6.92 Å². The number of pyridine rings is 1. The molecule has 8 nitrogen and oxygen atoms in total. The molecule has 1 aliphatic heterocycles. The maximum Gasteiger partial charge on any atom is 0.336 e. The molecule has 0 spiro atoms. The summed E-state index contributed by atoms with van der Waals surface area (Å²) in [5.74, 6) is -0.695. The number of hydrogen-bond acceptors (Lipinski definition) is 4. The first kappa shape index (κ1) is 18.4. The van der Waals surface area contributed by atoms with Crippen molar-refractivity contribution in [3.05, 3.63) is 59.9 Å². The Balaban J connectivity index is 1.56. The third kappa shape index (κ3) is 4.60. The summed E-state index contributed by atoms with van der Waals surface area (Å²) in [5.41, 5.74) is 6.81. The van der Waals surface area contributed by atoms with E-state index in [9.17, 15) is 14.4 Å². The molecule has 3 rings (SSSR count). The maximum absolute atomic E-state index is 12.5. The van der Waals surface area contributed by atoms with Crippen molar-refractivity contribution in [3.63, 3.8) is 0 Å². The normalized spacial score (nSPS) is 15.9. The van der Waals surface area contributed by atoms with Gasteiger partial charge in [-0.15, -0.1) is 0 Å². The summed E-state index contributed by atoms with van der Waals surface area (Å²) in [6, 6.07) is 9.32. The van der Waals surface area contributed by atoms with Crippen LogP contribution in [-0.4, -0.2) is 40.3 Å². The van der Waals surface area contributed by atoms with E-state index in [1.807, 2.05) is 19.1 Å². The van der Waals surface area contributed by atoms with Crippen LogP contribution in [-0.2, 0) is 4.79 Å². The van der Waals surface area contributed by atoms with Crippen molar-refractivity contribution in [1.82, 2.24) is 20.7 Å². The van der Waals surface area contributed by atoms with Gasteiger partial charge in [0.2, 0.25) is 5.91 Å². The standard InChI is InChI=1S/C19H21N5O3/c1-13-6-8-14(9-7-13)17(25)22-23-19(27)24-11-3-5-16(24)18(26)21-15-4-2-10-20-12-15/h2,4,6-10,12,16H,3,5,11H2,1H3,(H,21,26)(H,22,25)(H,23,27). The minimum Gasteiger partial charge on any atom is -0.323 e. The smallest absolute Gasteiger partial charge is 0.323 e. The van der Waals surface area contributed by atoms with Crippen LogP contribution < -0.4 is 16.2 Å². The molecule has 8 heteroatoms. The molecule has 2 aromatic rings. The van der Waals surface area contributed by atoms with Gasteiger partial charge < -0.3 is 10.2 Å². The number of carbonyl (C=O) groups is 3. The first-order valence-electron chi connectivity index (χ1n) is 8.69. The largest absolute Gasteiger partial charge is 0.336 e. The van der Waals surface area contributed by atoms with Crippen LogP contribution in [0.15, 0.2) is 48.8 Å². The summed E-state index contributed by atoms with van der Waals surface area (Å²) < 4.78 is 0. The fourth-order valence-electron chi connectivity index (χ4n) is 2.90. The van der Waals surface area contributed by atoms with Gasteiger partial charge in [0.1, 0.15) is 6.04 Å². The highest BCUT2D eigenvalue weighted by molar-refractivity contribution is 5.98. The number of rotatable bonds is 3. The number of anilines is 1. The Morgan fingerprint density at radius 1 is 1.11 bits per heavy atom. The highest BCUT2D eigenvalue weighted by Gasteiger charge is 2.34. The summed E-state index contributed by atoms with van der Waals surface area (Å²) in [6.45, 7) is 2.37. The van der Waals surface area contributed by atoms with Crippen LogP contribution in [0.3, 0.4) is 0 Å². The van der Waals surface area contributed by atoms with E-state index in [1.54, 1.807) is 36.7 Å². The summed E-state index contributed by atoms with van der Waals surface area (Å²) in [7, 11) is 0. The van der Waals surface area contributed by atoms with Crippen LogP contribution >= 0.6 is 0 Å². The number of urea groups is 1. The molecular formula is C19H21N5O3. The van der Waals surface area contributed by atoms with Crippen molar-refractivity contribution in [2.45, 2.75) is 25.8 Å². The van der Waals surface area contributed by atoms with Gasteiger partial charge in [0.15, 0.2) is 0 Å². The van der Waals surface area contributed by atoms with E-state index in [4.69, 9.17) is 0 Å². The second-order valence-corrected chi connectivity index (χ2v) is 6.33. The lowest BCUT2D eigenvalue weighted by Crippen LogP contribution is -2.52. The molecule has 3 N–H and O–H groups in total. The lowest BCUT2D eigenvalue weighted by atomic mass is 10.1. The van der Waals surface area contributed by atoms with Gasteiger partial charge in [-0.1, -0.05) is 17.7 Å². The number of benzene rings is 1. The highest BCUT2D eigenvalue weighted by Crippen LogP contribution is 2.19. The Kier molecular flexibility index (Phi) is 5.65. The second-order valence-electron chi connectivity index (χ2n) is 6.33. The monoisotopic (exact) mass is 367 g/mol. The molecule has 2 heterocycles. The minimum atomic E-state index is -0.596. The van der Waals surface area contributed by atoms with Crippen molar-refractivity contribution >= 4 is 23.5 Å². The predicted molar refractivity (Wildman–Crippen MR) is 99.8 cm³/mol. The maximum atomic E-state index is 12.5. The number of carbonyl (C=O) groups excluding carboxylic acids is 3. The molecule has 1 aromatic heterocycles. The summed E-state index contributed by atoms with van der Waals surface area (Å²) >= 11 is 0. The minimum absolute atomic E-state index is 0.277. The fraction of sp³-hybridized carbons (Fsp3) is 0.263. The van der Waals surface area contributed by atoms with Gasteiger partial charge in [-0.3, -0.25) is 20.0 Å². The Bertz CT molecular complexity index is 823. The quantitative estimate of drug-likeness (QED) is 0.720. The van der Waals surface area contributed by atoms with Crippen molar-refractivity contribution in [1.29, 1.82) is 0 Å². The molecule has 0 radical (unpaired) electrons. The Labute approximate surface area is 156 Å². The molecule has 1 unspecified atom stereocenters. The van der Waals surface area contributed by atoms with E-state index in [-0.39, 0.29) is 5.91 Å². The number of aromatic nitrogens is 1. The first-order chi connectivity index (χ1) is 13.0. The average molecular weight is 367 g/mol. The van der Waals surface area contributed by atoms with E-state index in [0.717, 1.165) is 5.56 Å². The molecule has 1 fully saturated rings. The van der Waals surface area contributed by atoms with Crippen LogP contribution in [0.2, 0.25) is 0 Å². The highest BCUT2D eigenvalue weighted by atomic mass is 16.2. The Morgan fingerprint density at radius 2 is 1.89 bits per heavy atom. The average Bonchev–Trinajstić information content (AvgIpc) is 3.17. The number of hydrogen-bond donors (Lipinski definition) is 3. The van der Waals surface area contributed by atoms with E-state index in [0.29, 0.717) is 30.6 Å². The van der Waals surface area contributed by atoms with Crippen LogP contribution in [0.4, 0.5) is 10.5 Å². The molecule has 0 aliphatic carbocycles. The van der Waals surface area contributed by atoms with Crippen molar-refractivity contribution in [2.24, 2.45) is 0 Å². The predicted octanol–water partition coefficient (Wildman–Crippen LogP) is 1.85. The van der Waals surface area contributed by atoms with Gasteiger partial charge in [-0.05, 0) is 44.0 Å². The summed E-state index contributed by atoms with van der Waals surface area (Å²) in [6.07, 6.45) is 4.43. The van der Waals surface area contributed by atoms with Crippen LogP contribution in [0.5, 0.6) is 0 Å². The van der Waals surface area contributed by atoms with Crippen molar-refractivity contribution in [3.8, 4) is 0 Å². The van der Waals surface area contributed by atoms with E-state index < -0.39 is 18.0 Å². The molecule has 1 atom stereocenters. The lowest BCUT2D eigenvalue weighted by Gasteiger charge is -2.24. The van der Waals surface area contributed by atoms with Gasteiger partial charge >= 0.3 is 6.03 Å². The zero-order valence-corrected chi connectivity index (χ0v) is 14.9. The first-order valence-corrected chi connectivity index (χ1v) is 8.69. The number of amides is 4. The molecule has 4 amide bonds. The van der Waals surface area contributed by atoms with Gasteiger partial charge in [-0.25, -0.2) is 10.2 Å². The lowest BCUT2D eigenvalue weighted by molar-refractivity contribution is -0.119. The molecule has 0 saturated carbocycles. The number of aryl methyl sites for hydroxylation is 1. The fourth-order valence-corrected chi connectivity index (χ4v) is 2.90. The molecule has 1 saturated heterocycles. The number of likely N-dealkylation sites (tertiary alicyclic amines) is 1. The Morgan fingerprint density at radius 3 is 2.59 bits per heavy atom. The third-order valence-corrected chi connectivity index (χ3v) is 4.34. The van der Waals surface area contributed by atoms with E-state index in [1.165, 1.54) is 4.90 Å². The van der Waals surface area contributed by atoms with E-state index in [2.05, 4.69) is 21.2 Å². The molecule has 1 aliphatic rings. The van der Waals surface area contributed by atoms with Crippen molar-refractivity contribution < 1.29 is 14.4 Å². The zero-order valence-electron chi connectivity index (χ0n) is 14.9. The van der Waals surface area contributed by atoms with Crippen LogP contribution in [0.1, 0.15) is 28.8 Å². The van der Waals surface area contributed by atoms with Gasteiger partial charge in [0.05, 0.1) is 11.9 Å². The van der Waals surface area contributed by atoms with Gasteiger partial charge in [-0.2, -0.15) is 0 Å². The summed E-state index contributed by atoms with van der Waals surface area (Å²) in [5, 5.41) is 2.75. The second kappa shape index (κ2) is 8.31. The molecule has 1 aromatic carbocycles. The Hall–Kier alpha value is -3.42. The zero-order chi connectivity index (χ0) is 19.2. The van der Waals surface area contributed by atoms with E-state index >= 15 is 0 Å². The number of nitrogens with one attached hydrogen (secondary N) is 3. The summed E-state index contributed by atoms with van der Waals surface area (Å²) in [4.78, 5) is 42.3. The molecular weight excluding hydrogens is 346 g/mol. The van der Waals surface area contributed by atoms with Gasteiger partial charge in [0, 0.05) is 18.3 Å². The number of nitrogens with zero attached hydrogens (tertiary/aromatic N) is 2. The SMILES string of the molecule is Cc1ccc(C(=O)NNC(=O)N2CCCC2C(=O)Nc2cccnc2)cc1. The van der Waals surface area contributed by atoms with Gasteiger partial charge in [0.25, 0.3) is 5.91 Å².